The van der Waals surface area contributed by atoms with E-state index in [1.807, 2.05) is 36.4 Å². The van der Waals surface area contributed by atoms with Crippen molar-refractivity contribution in [1.29, 1.82) is 0 Å². The summed E-state index contributed by atoms with van der Waals surface area (Å²) in [6.45, 7) is 2.45. The number of nitrogens with zero attached hydrogens (tertiary/aromatic N) is 5. The molecule has 1 aromatic heterocycles. The Balaban J connectivity index is 1.26. The average molecular weight is 582 g/mol. The number of hydrogen-bond acceptors (Lipinski definition) is 7. The van der Waals surface area contributed by atoms with Gasteiger partial charge >= 0.3 is 0 Å². The van der Waals surface area contributed by atoms with Crippen molar-refractivity contribution in [2.24, 2.45) is 0 Å². The quantitative estimate of drug-likeness (QED) is 0.340. The molecule has 1 amide bonds. The van der Waals surface area contributed by atoms with Crippen molar-refractivity contribution in [3.8, 4) is 17.1 Å². The van der Waals surface area contributed by atoms with Crippen molar-refractivity contribution in [2.45, 2.75) is 4.90 Å². The molecule has 0 bridgehead atoms. The van der Waals surface area contributed by atoms with Gasteiger partial charge in [0.2, 0.25) is 0 Å². The first-order valence-electron chi connectivity index (χ1n) is 11.6. The predicted molar refractivity (Wildman–Crippen MR) is 143 cm³/mol. The van der Waals surface area contributed by atoms with Crippen LogP contribution in [0, 0.1) is 0 Å². The van der Waals surface area contributed by atoms with Gasteiger partial charge in [0.25, 0.3) is 15.9 Å². The van der Waals surface area contributed by atoms with Crippen LogP contribution in [0.5, 0.6) is 5.75 Å². The number of halogens is 1. The van der Waals surface area contributed by atoms with Gasteiger partial charge in [0.15, 0.2) is 5.82 Å². The Hall–Kier alpha value is -3.70. The van der Waals surface area contributed by atoms with E-state index in [2.05, 4.69) is 30.9 Å². The molecule has 0 aliphatic carbocycles. The number of hydrogen-bond donors (Lipinski definition) is 0. The minimum atomic E-state index is -3.96. The third kappa shape index (κ3) is 5.09. The minimum absolute atomic E-state index is 0.0253. The molecule has 9 nitrogen and oxygen atoms in total. The van der Waals surface area contributed by atoms with Crippen LogP contribution in [0.1, 0.15) is 10.4 Å². The van der Waals surface area contributed by atoms with Crippen molar-refractivity contribution in [3.05, 3.63) is 89.2 Å². The Morgan fingerprint density at radius 3 is 2.27 bits per heavy atom. The Bertz CT molecular complexity index is 1510. The molecule has 37 heavy (non-hydrogen) atoms. The molecule has 1 saturated heterocycles. The minimum Gasteiger partial charge on any atom is -0.495 e. The van der Waals surface area contributed by atoms with Crippen LogP contribution in [0.4, 0.5) is 5.69 Å². The number of anilines is 1. The van der Waals surface area contributed by atoms with Crippen LogP contribution in [-0.4, -0.2) is 66.7 Å². The summed E-state index contributed by atoms with van der Waals surface area (Å²) >= 11 is 3.37. The summed E-state index contributed by atoms with van der Waals surface area (Å²) in [5.41, 5.74) is 2.13. The number of aromatic nitrogens is 3. The number of methoxy groups -OCH3 is 1. The second-order valence-corrected chi connectivity index (χ2v) is 11.1. The molecule has 1 aliphatic rings. The van der Waals surface area contributed by atoms with E-state index in [0.29, 0.717) is 43.1 Å². The highest BCUT2D eigenvalue weighted by Gasteiger charge is 2.25. The third-order valence-electron chi connectivity index (χ3n) is 6.21. The first kappa shape index (κ1) is 25.0. The van der Waals surface area contributed by atoms with E-state index in [0.717, 1.165) is 20.0 Å². The SMILES string of the molecule is COc1ccccc1N1CCN(C(=O)c2ccc(S(=O)(=O)n3cnc(-c4ccc(Br)cc4)n3)cc2)CC1. The highest BCUT2D eigenvalue weighted by atomic mass is 79.9. The smallest absolute Gasteiger partial charge is 0.284 e. The van der Waals surface area contributed by atoms with Gasteiger partial charge in [-0.15, -0.1) is 9.19 Å². The van der Waals surface area contributed by atoms with E-state index < -0.39 is 10.0 Å². The van der Waals surface area contributed by atoms with E-state index in [4.69, 9.17) is 4.74 Å². The highest BCUT2D eigenvalue weighted by Crippen LogP contribution is 2.28. The monoisotopic (exact) mass is 581 g/mol. The standard InChI is InChI=1S/C26H24BrN5O4S/c1-36-24-5-3-2-4-23(24)30-14-16-31(17-15-30)26(33)20-8-12-22(13-9-20)37(34,35)32-18-28-25(29-32)19-6-10-21(27)11-7-19/h2-13,18H,14-17H2,1H3. The van der Waals surface area contributed by atoms with Crippen molar-refractivity contribution in [1.82, 2.24) is 19.1 Å². The molecular formula is C26H24BrN5O4S. The van der Waals surface area contributed by atoms with Gasteiger partial charge in [-0.2, -0.15) is 8.42 Å². The van der Waals surface area contributed by atoms with Crippen LogP contribution >= 0.6 is 15.9 Å². The zero-order valence-corrected chi connectivity index (χ0v) is 22.4. The molecule has 0 atom stereocenters. The third-order valence-corrected chi connectivity index (χ3v) is 8.28. The van der Waals surface area contributed by atoms with Gasteiger partial charge in [-0.05, 0) is 48.5 Å². The van der Waals surface area contributed by atoms with Crippen LogP contribution in [0.15, 0.2) is 88.5 Å². The van der Waals surface area contributed by atoms with E-state index in [1.165, 1.54) is 30.6 Å². The van der Waals surface area contributed by atoms with Gasteiger partial charge in [0.1, 0.15) is 12.1 Å². The number of benzene rings is 3. The van der Waals surface area contributed by atoms with Crippen molar-refractivity contribution in [2.75, 3.05) is 38.2 Å². The Morgan fingerprint density at radius 1 is 0.919 bits per heavy atom. The van der Waals surface area contributed by atoms with E-state index in [9.17, 15) is 13.2 Å². The maximum Gasteiger partial charge on any atom is 0.284 e. The molecule has 0 N–H and O–H groups in total. The molecule has 190 valence electrons. The number of carbonyl (C=O) groups excluding carboxylic acids is 1. The van der Waals surface area contributed by atoms with Gasteiger partial charge in [0, 0.05) is 41.8 Å². The largest absolute Gasteiger partial charge is 0.495 e. The molecule has 4 aromatic rings. The van der Waals surface area contributed by atoms with Crippen molar-refractivity contribution < 1.29 is 17.9 Å². The topological polar surface area (TPSA) is 97.6 Å². The van der Waals surface area contributed by atoms with Crippen LogP contribution < -0.4 is 9.64 Å². The Labute approximate surface area is 223 Å². The lowest BCUT2D eigenvalue weighted by Gasteiger charge is -2.36. The number of rotatable bonds is 6. The first-order valence-corrected chi connectivity index (χ1v) is 13.8. The molecule has 0 radical (unpaired) electrons. The second kappa shape index (κ2) is 10.3. The molecule has 1 aliphatic heterocycles. The fourth-order valence-corrected chi connectivity index (χ4v) is 5.51. The summed E-state index contributed by atoms with van der Waals surface area (Å²) in [7, 11) is -2.31. The average Bonchev–Trinajstić information content (AvgIpc) is 3.45. The molecule has 3 aromatic carbocycles. The fourth-order valence-electron chi connectivity index (χ4n) is 4.20. The van der Waals surface area contributed by atoms with Crippen molar-refractivity contribution >= 4 is 37.5 Å². The van der Waals surface area contributed by atoms with Gasteiger partial charge in [-0.25, -0.2) is 4.98 Å². The summed E-state index contributed by atoms with van der Waals surface area (Å²) in [6.07, 6.45) is 1.17. The number of para-hydroxylation sites is 2. The van der Waals surface area contributed by atoms with Crippen LogP contribution in [0.3, 0.4) is 0 Å². The van der Waals surface area contributed by atoms with E-state index in [-0.39, 0.29) is 10.8 Å². The summed E-state index contributed by atoms with van der Waals surface area (Å²) < 4.78 is 33.4. The molecule has 0 unspecified atom stereocenters. The van der Waals surface area contributed by atoms with E-state index >= 15 is 0 Å². The van der Waals surface area contributed by atoms with Gasteiger partial charge < -0.3 is 14.5 Å². The zero-order valence-electron chi connectivity index (χ0n) is 20.0. The molecule has 11 heteroatoms. The lowest BCUT2D eigenvalue weighted by atomic mass is 10.1. The molecule has 2 heterocycles. The predicted octanol–water partition coefficient (Wildman–Crippen LogP) is 3.92. The molecule has 0 spiro atoms. The van der Waals surface area contributed by atoms with Crippen molar-refractivity contribution in [3.63, 3.8) is 0 Å². The lowest BCUT2D eigenvalue weighted by Crippen LogP contribution is -2.48. The van der Waals surface area contributed by atoms with Gasteiger partial charge in [-0.1, -0.05) is 40.2 Å². The summed E-state index contributed by atoms with van der Waals surface area (Å²) in [5.74, 6) is 0.965. The summed E-state index contributed by atoms with van der Waals surface area (Å²) in [6, 6.07) is 21.0. The number of amides is 1. The second-order valence-electron chi connectivity index (χ2n) is 8.43. The Kier molecular flexibility index (Phi) is 6.98. The van der Waals surface area contributed by atoms with E-state index in [1.54, 1.807) is 24.1 Å². The molecule has 0 saturated carbocycles. The maximum atomic E-state index is 13.1. The summed E-state index contributed by atoms with van der Waals surface area (Å²) in [5, 5.41) is 4.15. The highest BCUT2D eigenvalue weighted by molar-refractivity contribution is 9.10. The lowest BCUT2D eigenvalue weighted by molar-refractivity contribution is 0.0746. The molecule has 1 fully saturated rings. The van der Waals surface area contributed by atoms with Crippen LogP contribution in [-0.2, 0) is 10.0 Å². The fraction of sp³-hybridized carbons (Fsp3) is 0.192. The Morgan fingerprint density at radius 2 is 1.59 bits per heavy atom. The number of carbonyl (C=O) groups is 1. The normalized spacial score (nSPS) is 14.0. The van der Waals surface area contributed by atoms with Gasteiger partial charge in [-0.3, -0.25) is 4.79 Å². The first-order chi connectivity index (χ1) is 17.9. The van der Waals surface area contributed by atoms with Gasteiger partial charge in [0.05, 0.1) is 17.7 Å². The maximum absolute atomic E-state index is 13.1. The van der Waals surface area contributed by atoms with Crippen LogP contribution in [0.25, 0.3) is 11.4 Å². The molecular weight excluding hydrogens is 558 g/mol. The summed E-state index contributed by atoms with van der Waals surface area (Å²) in [4.78, 5) is 21.2. The molecule has 5 rings (SSSR count). The number of ether oxygens (including phenoxy) is 1. The number of piperazine rings is 1. The zero-order chi connectivity index (χ0) is 26.0. The van der Waals surface area contributed by atoms with Crippen LogP contribution in [0.2, 0.25) is 0 Å².